The lowest BCUT2D eigenvalue weighted by Gasteiger charge is -2.40. The summed E-state index contributed by atoms with van der Waals surface area (Å²) in [4.78, 5) is 33.0. The summed E-state index contributed by atoms with van der Waals surface area (Å²) >= 11 is 1.42. The number of hydrogen-bond acceptors (Lipinski definition) is 4. The molecule has 0 spiro atoms. The van der Waals surface area contributed by atoms with Crippen LogP contribution in [0, 0.1) is 0 Å². The van der Waals surface area contributed by atoms with Crippen molar-refractivity contribution in [2.45, 2.75) is 88.8 Å². The van der Waals surface area contributed by atoms with Gasteiger partial charge in [0, 0.05) is 18.6 Å². The number of thioether (sulfide) groups is 1. The fourth-order valence-electron chi connectivity index (χ4n) is 4.03. The van der Waals surface area contributed by atoms with E-state index in [0.717, 1.165) is 25.7 Å². The first-order valence-electron chi connectivity index (χ1n) is 10.4. The first-order chi connectivity index (χ1) is 13.4. The van der Waals surface area contributed by atoms with Crippen molar-refractivity contribution in [1.29, 1.82) is 0 Å². The highest BCUT2D eigenvalue weighted by molar-refractivity contribution is 8.00. The zero-order valence-corrected chi connectivity index (χ0v) is 18.2. The maximum Gasteiger partial charge on any atom is 0.262 e. The number of para-hydroxylation sites is 1. The molecule has 3 atom stereocenters. The van der Waals surface area contributed by atoms with E-state index in [1.807, 2.05) is 36.1 Å². The summed E-state index contributed by atoms with van der Waals surface area (Å²) < 4.78 is 1.75. The van der Waals surface area contributed by atoms with Gasteiger partial charge in [-0.1, -0.05) is 37.2 Å². The van der Waals surface area contributed by atoms with Gasteiger partial charge < -0.3 is 4.90 Å². The van der Waals surface area contributed by atoms with Gasteiger partial charge in [-0.3, -0.25) is 14.2 Å². The van der Waals surface area contributed by atoms with Crippen molar-refractivity contribution in [2.75, 3.05) is 0 Å². The number of unbranched alkanes of at least 4 members (excludes halogenated alkanes) is 1. The zero-order valence-electron chi connectivity index (χ0n) is 17.4. The number of carbonyl (C=O) groups is 1. The summed E-state index contributed by atoms with van der Waals surface area (Å²) in [6.07, 6.45) is 5.21. The number of carbonyl (C=O) groups excluding carboxylic acids is 1. The van der Waals surface area contributed by atoms with E-state index < -0.39 is 0 Å². The molecule has 0 radical (unpaired) electrons. The number of fused-ring (bicyclic) bond motifs is 1. The lowest BCUT2D eigenvalue weighted by atomic mass is 9.97. The van der Waals surface area contributed by atoms with Crippen molar-refractivity contribution < 1.29 is 4.79 Å². The maximum absolute atomic E-state index is 13.2. The lowest BCUT2D eigenvalue weighted by Crippen LogP contribution is -2.50. The maximum atomic E-state index is 13.2. The Bertz CT molecular complexity index is 885. The molecule has 6 heteroatoms. The minimum Gasteiger partial charge on any atom is -0.336 e. The Morgan fingerprint density at radius 1 is 1.25 bits per heavy atom. The third-order valence-corrected chi connectivity index (χ3v) is 6.72. The van der Waals surface area contributed by atoms with Crippen LogP contribution >= 0.6 is 11.8 Å². The van der Waals surface area contributed by atoms with Crippen molar-refractivity contribution in [2.24, 2.45) is 0 Å². The normalized spacial score (nSPS) is 21.1. The summed E-state index contributed by atoms with van der Waals surface area (Å²) in [5.41, 5.74) is 0.683. The molecule has 1 aliphatic heterocycles. The van der Waals surface area contributed by atoms with Crippen LogP contribution in [0.5, 0.6) is 0 Å². The van der Waals surface area contributed by atoms with Gasteiger partial charge in [-0.15, -0.1) is 0 Å². The van der Waals surface area contributed by atoms with Crippen LogP contribution in [0.3, 0.4) is 0 Å². The molecule has 2 heterocycles. The highest BCUT2D eigenvalue weighted by Crippen LogP contribution is 2.29. The Balaban J connectivity index is 1.91. The number of hydrogen-bond donors (Lipinski definition) is 0. The van der Waals surface area contributed by atoms with Gasteiger partial charge >= 0.3 is 0 Å². The number of nitrogens with zero attached hydrogens (tertiary/aromatic N) is 3. The first-order valence-corrected chi connectivity index (χ1v) is 11.3. The van der Waals surface area contributed by atoms with Gasteiger partial charge in [0.2, 0.25) is 5.91 Å². The molecule has 0 unspecified atom stereocenters. The molecule has 1 saturated heterocycles. The topological polar surface area (TPSA) is 55.2 Å². The van der Waals surface area contributed by atoms with Gasteiger partial charge in [0.05, 0.1) is 16.2 Å². The van der Waals surface area contributed by atoms with E-state index in [0.29, 0.717) is 22.6 Å². The standard InChI is InChI=1S/C22H31N3O2S/c1-5-6-14-24-21(27)18-12-7-8-13-19(18)23-22(24)28-17(4)20(26)25-15(2)10-9-11-16(25)3/h7-8,12-13,15-17H,5-6,9-11,14H2,1-4H3/t15-,16-,17-/m0/s1. The average Bonchev–Trinajstić information content (AvgIpc) is 2.67. The minimum atomic E-state index is -0.274. The smallest absolute Gasteiger partial charge is 0.262 e. The van der Waals surface area contributed by atoms with E-state index in [9.17, 15) is 9.59 Å². The molecular formula is C22H31N3O2S. The van der Waals surface area contributed by atoms with E-state index in [-0.39, 0.29) is 28.8 Å². The SMILES string of the molecule is CCCCn1c(S[C@@H](C)C(=O)N2[C@@H](C)CCC[C@@H]2C)nc2ccccc2c1=O. The van der Waals surface area contributed by atoms with Crippen LogP contribution < -0.4 is 5.56 Å². The summed E-state index contributed by atoms with van der Waals surface area (Å²) in [6.45, 7) is 8.95. The molecule has 28 heavy (non-hydrogen) atoms. The van der Waals surface area contributed by atoms with Crippen molar-refractivity contribution in [3.8, 4) is 0 Å². The fourth-order valence-corrected chi connectivity index (χ4v) is 5.02. The Labute approximate surface area is 171 Å². The molecule has 3 rings (SSSR count). The number of amides is 1. The van der Waals surface area contributed by atoms with E-state index >= 15 is 0 Å². The quantitative estimate of drug-likeness (QED) is 0.529. The van der Waals surface area contributed by atoms with Gasteiger partial charge in [0.25, 0.3) is 5.56 Å². The van der Waals surface area contributed by atoms with Crippen LogP contribution in [0.25, 0.3) is 10.9 Å². The number of aromatic nitrogens is 2. The summed E-state index contributed by atoms with van der Waals surface area (Å²) in [5, 5.41) is 1.01. The Kier molecular flexibility index (Phi) is 6.81. The molecule has 1 aromatic carbocycles. The van der Waals surface area contributed by atoms with E-state index in [4.69, 9.17) is 4.98 Å². The van der Waals surface area contributed by atoms with E-state index in [1.165, 1.54) is 18.2 Å². The molecule has 1 aromatic heterocycles. The van der Waals surface area contributed by atoms with Crippen LogP contribution in [0.4, 0.5) is 0 Å². The number of benzene rings is 1. The number of likely N-dealkylation sites (tertiary alicyclic amines) is 1. The van der Waals surface area contributed by atoms with Crippen molar-refractivity contribution >= 4 is 28.6 Å². The van der Waals surface area contributed by atoms with Gasteiger partial charge in [0.1, 0.15) is 0 Å². The molecule has 152 valence electrons. The molecule has 5 nitrogen and oxygen atoms in total. The molecule has 0 bridgehead atoms. The average molecular weight is 402 g/mol. The molecule has 1 fully saturated rings. The number of piperidine rings is 1. The zero-order chi connectivity index (χ0) is 20.3. The van der Waals surface area contributed by atoms with E-state index in [1.54, 1.807) is 4.57 Å². The van der Waals surface area contributed by atoms with Gasteiger partial charge in [-0.2, -0.15) is 0 Å². The van der Waals surface area contributed by atoms with Crippen LogP contribution in [0.15, 0.2) is 34.2 Å². The minimum absolute atomic E-state index is 0.0130. The highest BCUT2D eigenvalue weighted by Gasteiger charge is 2.32. The third-order valence-electron chi connectivity index (χ3n) is 5.64. The van der Waals surface area contributed by atoms with E-state index in [2.05, 4.69) is 20.8 Å². The molecule has 1 amide bonds. The van der Waals surface area contributed by atoms with Gasteiger partial charge in [0.15, 0.2) is 5.16 Å². The van der Waals surface area contributed by atoms with Gasteiger partial charge in [-0.25, -0.2) is 4.98 Å². The molecule has 0 N–H and O–H groups in total. The summed E-state index contributed by atoms with van der Waals surface area (Å²) in [5.74, 6) is 0.147. The highest BCUT2D eigenvalue weighted by atomic mass is 32.2. The second-order valence-electron chi connectivity index (χ2n) is 7.86. The first kappa shape index (κ1) is 20.9. The number of rotatable bonds is 6. The molecule has 0 saturated carbocycles. The fraction of sp³-hybridized carbons (Fsp3) is 0.591. The molecular weight excluding hydrogens is 370 g/mol. The van der Waals surface area contributed by atoms with Crippen molar-refractivity contribution in [3.05, 3.63) is 34.6 Å². The Hall–Kier alpha value is -1.82. The predicted octanol–water partition coefficient (Wildman–Crippen LogP) is 4.47. The largest absolute Gasteiger partial charge is 0.336 e. The molecule has 0 aliphatic carbocycles. The van der Waals surface area contributed by atoms with Crippen LogP contribution in [0.2, 0.25) is 0 Å². The van der Waals surface area contributed by atoms with Crippen molar-refractivity contribution in [1.82, 2.24) is 14.5 Å². The second-order valence-corrected chi connectivity index (χ2v) is 9.16. The summed E-state index contributed by atoms with van der Waals surface area (Å²) in [7, 11) is 0. The molecule has 1 aliphatic rings. The van der Waals surface area contributed by atoms with Crippen molar-refractivity contribution in [3.63, 3.8) is 0 Å². The Morgan fingerprint density at radius 2 is 1.93 bits per heavy atom. The molecule has 2 aromatic rings. The third kappa shape index (κ3) is 4.27. The predicted molar refractivity (Wildman–Crippen MR) is 116 cm³/mol. The van der Waals surface area contributed by atoms with Crippen LogP contribution in [0.1, 0.15) is 59.8 Å². The lowest BCUT2D eigenvalue weighted by molar-refractivity contribution is -0.136. The Morgan fingerprint density at radius 3 is 2.61 bits per heavy atom. The van der Waals surface area contributed by atoms with Crippen LogP contribution in [-0.2, 0) is 11.3 Å². The van der Waals surface area contributed by atoms with Crippen LogP contribution in [-0.4, -0.2) is 37.7 Å². The second kappa shape index (κ2) is 9.12. The monoisotopic (exact) mass is 401 g/mol. The summed E-state index contributed by atoms with van der Waals surface area (Å²) in [6, 6.07) is 8.00. The van der Waals surface area contributed by atoms with Gasteiger partial charge in [-0.05, 0) is 58.6 Å².